The van der Waals surface area contributed by atoms with Crippen LogP contribution in [0.25, 0.3) is 21.8 Å². The average Bonchev–Trinajstić information content (AvgIpc) is 3.46. The van der Waals surface area contributed by atoms with E-state index in [1.807, 2.05) is 36.4 Å². The van der Waals surface area contributed by atoms with Crippen LogP contribution in [0.1, 0.15) is 37.9 Å². The highest BCUT2D eigenvalue weighted by atomic mass is 32.2. The Morgan fingerprint density at radius 1 is 0.939 bits per heavy atom. The Morgan fingerprint density at radius 3 is 2.18 bits per heavy atom. The minimum atomic E-state index is -3.56. The van der Waals surface area contributed by atoms with E-state index in [2.05, 4.69) is 16.7 Å². The Bertz CT molecular complexity index is 1270. The van der Waals surface area contributed by atoms with Gasteiger partial charge in [-0.15, -0.1) is 0 Å². The number of rotatable bonds is 8. The largest absolute Gasteiger partial charge is 0.468 e. The van der Waals surface area contributed by atoms with Crippen LogP contribution in [-0.2, 0) is 23.1 Å². The minimum absolute atomic E-state index is 0.0281. The summed E-state index contributed by atoms with van der Waals surface area (Å²) in [5, 5.41) is 13.0. The van der Waals surface area contributed by atoms with E-state index in [1.165, 1.54) is 4.31 Å². The second-order valence-corrected chi connectivity index (χ2v) is 11.2. The van der Waals surface area contributed by atoms with Crippen LogP contribution in [0, 0.1) is 0 Å². The molecule has 1 atom stereocenters. The first kappa shape index (κ1) is 22.2. The maximum absolute atomic E-state index is 13.5. The first-order valence-corrected chi connectivity index (χ1v) is 13.2. The Kier molecular flexibility index (Phi) is 6.27. The van der Waals surface area contributed by atoms with Crippen LogP contribution in [-0.4, -0.2) is 40.3 Å². The van der Waals surface area contributed by atoms with Crippen molar-refractivity contribution < 1.29 is 17.9 Å². The van der Waals surface area contributed by atoms with E-state index in [4.69, 9.17) is 4.42 Å². The van der Waals surface area contributed by atoms with E-state index in [0.29, 0.717) is 25.1 Å². The molecule has 1 unspecified atom stereocenters. The predicted molar refractivity (Wildman–Crippen MR) is 130 cm³/mol. The van der Waals surface area contributed by atoms with Crippen molar-refractivity contribution in [3.63, 3.8) is 0 Å². The molecule has 0 radical (unpaired) electrons. The van der Waals surface area contributed by atoms with Crippen molar-refractivity contribution in [2.24, 2.45) is 0 Å². The van der Waals surface area contributed by atoms with Gasteiger partial charge < -0.3 is 14.1 Å². The first-order chi connectivity index (χ1) is 16.0. The maximum Gasteiger partial charge on any atom is 0.217 e. The second kappa shape index (κ2) is 9.33. The van der Waals surface area contributed by atoms with Gasteiger partial charge in [-0.1, -0.05) is 55.7 Å². The fourth-order valence-corrected chi connectivity index (χ4v) is 7.15. The molecule has 1 saturated carbocycles. The summed E-state index contributed by atoms with van der Waals surface area (Å²) in [6.07, 6.45) is 5.00. The van der Waals surface area contributed by atoms with Gasteiger partial charge in [-0.3, -0.25) is 0 Å². The van der Waals surface area contributed by atoms with E-state index in [1.54, 1.807) is 18.4 Å². The van der Waals surface area contributed by atoms with Crippen molar-refractivity contribution in [2.45, 2.75) is 56.5 Å². The van der Waals surface area contributed by atoms with Gasteiger partial charge in [0.15, 0.2) is 0 Å². The zero-order valence-corrected chi connectivity index (χ0v) is 19.5. The van der Waals surface area contributed by atoms with Gasteiger partial charge in [0.25, 0.3) is 0 Å². The van der Waals surface area contributed by atoms with Gasteiger partial charge in [0.1, 0.15) is 5.76 Å². The molecule has 33 heavy (non-hydrogen) atoms. The van der Waals surface area contributed by atoms with Crippen molar-refractivity contribution >= 4 is 31.8 Å². The monoisotopic (exact) mass is 466 g/mol. The van der Waals surface area contributed by atoms with Crippen molar-refractivity contribution in [2.75, 3.05) is 6.54 Å². The van der Waals surface area contributed by atoms with E-state index < -0.39 is 16.1 Å². The lowest BCUT2D eigenvalue weighted by Crippen LogP contribution is -2.43. The molecule has 2 aromatic heterocycles. The Labute approximate surface area is 194 Å². The van der Waals surface area contributed by atoms with E-state index in [-0.39, 0.29) is 18.3 Å². The molecule has 0 saturated heterocycles. The van der Waals surface area contributed by atoms with Gasteiger partial charge in [-0.2, -0.15) is 4.31 Å². The maximum atomic E-state index is 13.5. The molecule has 2 aromatic carbocycles. The summed E-state index contributed by atoms with van der Waals surface area (Å²) in [5.41, 5.74) is 2.07. The highest BCUT2D eigenvalue weighted by Crippen LogP contribution is 2.30. The minimum Gasteiger partial charge on any atom is -0.468 e. The number of aromatic nitrogens is 1. The molecule has 1 fully saturated rings. The number of hydrogen-bond acceptors (Lipinski definition) is 4. The lowest BCUT2D eigenvalue weighted by molar-refractivity contribution is 0.126. The van der Waals surface area contributed by atoms with Gasteiger partial charge in [-0.25, -0.2) is 8.42 Å². The summed E-state index contributed by atoms with van der Waals surface area (Å²) >= 11 is 0. The summed E-state index contributed by atoms with van der Waals surface area (Å²) in [5.74, 6) is 0.582. The molecule has 1 aliphatic rings. The number of fused-ring (bicyclic) bond motifs is 3. The first-order valence-electron chi connectivity index (χ1n) is 11.7. The molecule has 1 N–H and O–H groups in total. The number of aliphatic hydroxyl groups excluding tert-OH is 1. The molecule has 0 bridgehead atoms. The predicted octanol–water partition coefficient (Wildman–Crippen LogP) is 4.91. The van der Waals surface area contributed by atoms with E-state index in [0.717, 1.165) is 41.1 Å². The number of aliphatic hydroxyl groups is 1. The van der Waals surface area contributed by atoms with Crippen LogP contribution in [0.5, 0.6) is 0 Å². The topological polar surface area (TPSA) is 75.7 Å². The van der Waals surface area contributed by atoms with Gasteiger partial charge in [0.05, 0.1) is 30.7 Å². The van der Waals surface area contributed by atoms with Crippen molar-refractivity contribution in [3.05, 3.63) is 72.7 Å². The average molecular weight is 467 g/mol. The number of benzene rings is 2. The summed E-state index contributed by atoms with van der Waals surface area (Å²) in [6.45, 7) is 0.472. The highest BCUT2D eigenvalue weighted by molar-refractivity contribution is 7.89. The molecule has 0 spiro atoms. The molecule has 7 heteroatoms. The van der Waals surface area contributed by atoms with Gasteiger partial charge >= 0.3 is 0 Å². The van der Waals surface area contributed by atoms with E-state index in [9.17, 15) is 13.5 Å². The zero-order chi connectivity index (χ0) is 22.8. The summed E-state index contributed by atoms with van der Waals surface area (Å²) in [7, 11) is -3.56. The number of para-hydroxylation sites is 2. The standard InChI is InChI=1S/C26H30N2O4S/c29-20(18-28-25-14-6-4-12-23(25)24-13-5-7-15-26(24)28)17-27(19-21-9-8-16-32-21)33(30,31)22-10-2-1-3-11-22/h4-9,12-16,20,22,29H,1-3,10-11,17-19H2. The Hall–Kier alpha value is -2.61. The molecule has 1 aliphatic carbocycles. The van der Waals surface area contributed by atoms with Gasteiger partial charge in [0, 0.05) is 28.4 Å². The SMILES string of the molecule is O=S(=O)(C1CCCCC1)N(Cc1ccco1)CC(O)Cn1c2ccccc2c2ccccc21. The third kappa shape index (κ3) is 4.45. The number of hydrogen-bond donors (Lipinski definition) is 1. The smallest absolute Gasteiger partial charge is 0.217 e. The van der Waals surface area contributed by atoms with Gasteiger partial charge in [0.2, 0.25) is 10.0 Å². The number of furan rings is 1. The Balaban J connectivity index is 1.43. The fraction of sp³-hybridized carbons (Fsp3) is 0.385. The lowest BCUT2D eigenvalue weighted by Gasteiger charge is -2.30. The summed E-state index contributed by atoms with van der Waals surface area (Å²) in [6, 6.07) is 19.8. The van der Waals surface area contributed by atoms with Crippen molar-refractivity contribution in [3.8, 4) is 0 Å². The Morgan fingerprint density at radius 2 is 1.58 bits per heavy atom. The molecule has 5 rings (SSSR count). The van der Waals surface area contributed by atoms with Crippen LogP contribution in [0.4, 0.5) is 0 Å². The molecular formula is C26H30N2O4S. The molecule has 0 amide bonds. The molecular weight excluding hydrogens is 436 g/mol. The van der Waals surface area contributed by atoms with Crippen LogP contribution in [0.3, 0.4) is 0 Å². The highest BCUT2D eigenvalue weighted by Gasteiger charge is 2.34. The lowest BCUT2D eigenvalue weighted by atomic mass is 10.0. The third-order valence-electron chi connectivity index (χ3n) is 6.73. The molecule has 2 heterocycles. The fourth-order valence-electron chi connectivity index (χ4n) is 5.11. The quantitative estimate of drug-likeness (QED) is 0.400. The summed E-state index contributed by atoms with van der Waals surface area (Å²) in [4.78, 5) is 0. The summed E-state index contributed by atoms with van der Waals surface area (Å²) < 4.78 is 36.1. The van der Waals surface area contributed by atoms with Gasteiger partial charge in [-0.05, 0) is 37.1 Å². The molecule has 174 valence electrons. The molecule has 4 aromatic rings. The third-order valence-corrected chi connectivity index (χ3v) is 9.05. The van der Waals surface area contributed by atoms with Crippen LogP contribution in [0.15, 0.2) is 71.3 Å². The molecule has 0 aliphatic heterocycles. The van der Waals surface area contributed by atoms with Crippen LogP contribution < -0.4 is 0 Å². The van der Waals surface area contributed by atoms with E-state index >= 15 is 0 Å². The number of sulfonamides is 1. The molecule has 6 nitrogen and oxygen atoms in total. The number of nitrogens with zero attached hydrogens (tertiary/aromatic N) is 2. The van der Waals surface area contributed by atoms with Crippen LogP contribution >= 0.6 is 0 Å². The van der Waals surface area contributed by atoms with Crippen molar-refractivity contribution in [1.29, 1.82) is 0 Å². The van der Waals surface area contributed by atoms with Crippen LogP contribution in [0.2, 0.25) is 0 Å². The zero-order valence-electron chi connectivity index (χ0n) is 18.6. The van der Waals surface area contributed by atoms with Crippen molar-refractivity contribution in [1.82, 2.24) is 8.87 Å². The normalized spacial score (nSPS) is 16.7. The second-order valence-electron chi connectivity index (χ2n) is 8.98.